The Hall–Kier alpha value is -0.860. The predicted octanol–water partition coefficient (Wildman–Crippen LogP) is 1.71. The highest BCUT2D eigenvalue weighted by Gasteiger charge is 2.43. The van der Waals surface area contributed by atoms with Gasteiger partial charge in [0.15, 0.2) is 0 Å². The Kier molecular flexibility index (Phi) is 2.57. The van der Waals surface area contributed by atoms with Crippen molar-refractivity contribution >= 4 is 11.8 Å². The molecule has 1 heterocycles. The van der Waals surface area contributed by atoms with E-state index in [2.05, 4.69) is 0 Å². The Balaban J connectivity index is 2.15. The Morgan fingerprint density at radius 2 is 2.14 bits per heavy atom. The van der Waals surface area contributed by atoms with Crippen LogP contribution in [0.5, 0.6) is 0 Å². The summed E-state index contributed by atoms with van der Waals surface area (Å²) in [7, 11) is 0. The second-order valence-corrected chi connectivity index (χ2v) is 4.33. The predicted molar refractivity (Wildman–Crippen MR) is 52.5 cm³/mol. The van der Waals surface area contributed by atoms with E-state index in [0.717, 1.165) is 12.8 Å². The van der Waals surface area contributed by atoms with Crippen LogP contribution in [0.1, 0.15) is 45.4 Å². The van der Waals surface area contributed by atoms with Crippen molar-refractivity contribution < 1.29 is 9.59 Å². The van der Waals surface area contributed by atoms with Crippen molar-refractivity contribution in [2.24, 2.45) is 5.92 Å². The molecule has 3 nitrogen and oxygen atoms in total. The van der Waals surface area contributed by atoms with Crippen molar-refractivity contribution in [3.8, 4) is 0 Å². The van der Waals surface area contributed by atoms with Crippen LogP contribution >= 0.6 is 0 Å². The summed E-state index contributed by atoms with van der Waals surface area (Å²) in [6.45, 7) is 1.83. The van der Waals surface area contributed by atoms with Crippen LogP contribution in [0.15, 0.2) is 0 Å². The molecule has 2 fully saturated rings. The summed E-state index contributed by atoms with van der Waals surface area (Å²) in [6.07, 6.45) is 5.61. The average Bonchev–Trinajstić information content (AvgIpc) is 2.53. The number of amides is 2. The number of carbonyl (C=O) groups excluding carboxylic acids is 2. The van der Waals surface area contributed by atoms with Gasteiger partial charge in [0.05, 0.1) is 0 Å². The number of fused-ring (bicyclic) bond motifs is 1. The van der Waals surface area contributed by atoms with E-state index in [0.29, 0.717) is 18.8 Å². The second kappa shape index (κ2) is 3.71. The number of imide groups is 1. The Labute approximate surface area is 84.5 Å². The van der Waals surface area contributed by atoms with Crippen molar-refractivity contribution in [3.63, 3.8) is 0 Å². The van der Waals surface area contributed by atoms with Crippen molar-refractivity contribution in [1.29, 1.82) is 0 Å². The lowest BCUT2D eigenvalue weighted by molar-refractivity contribution is -0.144. The van der Waals surface area contributed by atoms with Crippen molar-refractivity contribution in [1.82, 2.24) is 4.90 Å². The van der Waals surface area contributed by atoms with Gasteiger partial charge >= 0.3 is 0 Å². The van der Waals surface area contributed by atoms with Crippen molar-refractivity contribution in [2.45, 2.75) is 51.5 Å². The maximum atomic E-state index is 11.6. The van der Waals surface area contributed by atoms with Gasteiger partial charge in [-0.25, -0.2) is 0 Å². The van der Waals surface area contributed by atoms with Crippen LogP contribution in [0, 0.1) is 5.92 Å². The minimum atomic E-state index is 0.0180. The molecule has 1 aliphatic heterocycles. The molecule has 2 rings (SSSR count). The van der Waals surface area contributed by atoms with Gasteiger partial charge in [0, 0.05) is 18.9 Å². The lowest BCUT2D eigenvalue weighted by Crippen LogP contribution is -2.40. The first-order chi connectivity index (χ1) is 6.74. The first kappa shape index (κ1) is 9.69. The highest BCUT2D eigenvalue weighted by Crippen LogP contribution is 2.37. The molecule has 2 atom stereocenters. The van der Waals surface area contributed by atoms with Crippen LogP contribution in [0.25, 0.3) is 0 Å². The molecular weight excluding hydrogens is 178 g/mol. The third-order valence-electron chi connectivity index (χ3n) is 3.48. The van der Waals surface area contributed by atoms with Gasteiger partial charge in [-0.3, -0.25) is 14.5 Å². The monoisotopic (exact) mass is 195 g/mol. The van der Waals surface area contributed by atoms with Crippen LogP contribution in [0.3, 0.4) is 0 Å². The van der Waals surface area contributed by atoms with Gasteiger partial charge in [0.25, 0.3) is 0 Å². The maximum absolute atomic E-state index is 11.6. The van der Waals surface area contributed by atoms with Gasteiger partial charge in [0.2, 0.25) is 11.8 Å². The standard InChI is InChI=1S/C11H17NO2/c1-2-10(13)12-9-6-4-3-5-8(9)7-11(12)14/h8-9H,2-7H2,1H3. The SMILES string of the molecule is CCC(=O)N1C(=O)CC2CCCCC21. The van der Waals surface area contributed by atoms with Gasteiger partial charge in [-0.2, -0.15) is 0 Å². The van der Waals surface area contributed by atoms with E-state index in [9.17, 15) is 9.59 Å². The fourth-order valence-electron chi connectivity index (χ4n) is 2.77. The van der Waals surface area contributed by atoms with E-state index in [1.807, 2.05) is 6.92 Å². The van der Waals surface area contributed by atoms with E-state index in [-0.39, 0.29) is 17.9 Å². The highest BCUT2D eigenvalue weighted by molar-refractivity contribution is 5.97. The molecule has 0 N–H and O–H groups in total. The summed E-state index contributed by atoms with van der Waals surface area (Å²) in [5.41, 5.74) is 0. The lowest BCUT2D eigenvalue weighted by Gasteiger charge is -2.29. The van der Waals surface area contributed by atoms with Gasteiger partial charge in [0.1, 0.15) is 0 Å². The van der Waals surface area contributed by atoms with Crippen LogP contribution in [-0.4, -0.2) is 22.8 Å². The van der Waals surface area contributed by atoms with Gasteiger partial charge in [-0.15, -0.1) is 0 Å². The molecule has 0 aromatic rings. The van der Waals surface area contributed by atoms with Crippen LogP contribution in [0.4, 0.5) is 0 Å². The molecular formula is C11H17NO2. The summed E-state index contributed by atoms with van der Waals surface area (Å²) in [4.78, 5) is 24.8. The molecule has 2 unspecified atom stereocenters. The first-order valence-corrected chi connectivity index (χ1v) is 5.59. The van der Waals surface area contributed by atoms with Gasteiger partial charge in [-0.05, 0) is 18.8 Å². The summed E-state index contributed by atoms with van der Waals surface area (Å²) in [6, 6.07) is 0.240. The number of carbonyl (C=O) groups is 2. The molecule has 0 bridgehead atoms. The molecule has 0 aromatic heterocycles. The molecule has 0 radical (unpaired) electrons. The van der Waals surface area contributed by atoms with Crippen LogP contribution < -0.4 is 0 Å². The van der Waals surface area contributed by atoms with Crippen LogP contribution in [-0.2, 0) is 9.59 Å². The molecule has 2 aliphatic rings. The zero-order valence-electron chi connectivity index (χ0n) is 8.66. The summed E-state index contributed by atoms with van der Waals surface area (Å²) >= 11 is 0. The minimum absolute atomic E-state index is 0.0180. The first-order valence-electron chi connectivity index (χ1n) is 5.59. The molecule has 78 valence electrons. The van der Waals surface area contributed by atoms with Crippen molar-refractivity contribution in [3.05, 3.63) is 0 Å². The molecule has 3 heteroatoms. The molecule has 1 saturated carbocycles. The summed E-state index contributed by atoms with van der Waals surface area (Å²) in [5.74, 6) is 0.546. The second-order valence-electron chi connectivity index (χ2n) is 4.33. The molecule has 14 heavy (non-hydrogen) atoms. The Morgan fingerprint density at radius 3 is 2.86 bits per heavy atom. The van der Waals surface area contributed by atoms with E-state index in [1.165, 1.54) is 12.8 Å². The molecule has 0 spiro atoms. The third-order valence-corrected chi connectivity index (χ3v) is 3.48. The van der Waals surface area contributed by atoms with Gasteiger partial charge < -0.3 is 0 Å². The number of likely N-dealkylation sites (tertiary alicyclic amines) is 1. The smallest absolute Gasteiger partial charge is 0.229 e. The van der Waals surface area contributed by atoms with E-state index in [1.54, 1.807) is 4.90 Å². The fraction of sp³-hybridized carbons (Fsp3) is 0.818. The zero-order valence-corrected chi connectivity index (χ0v) is 8.66. The number of rotatable bonds is 1. The molecule has 2 amide bonds. The van der Waals surface area contributed by atoms with Crippen LogP contribution in [0.2, 0.25) is 0 Å². The fourth-order valence-corrected chi connectivity index (χ4v) is 2.77. The topological polar surface area (TPSA) is 37.4 Å². The number of hydrogen-bond acceptors (Lipinski definition) is 2. The quantitative estimate of drug-likeness (QED) is 0.638. The van der Waals surface area contributed by atoms with E-state index in [4.69, 9.17) is 0 Å². The van der Waals surface area contributed by atoms with Crippen molar-refractivity contribution in [2.75, 3.05) is 0 Å². The highest BCUT2D eigenvalue weighted by atomic mass is 16.2. The number of hydrogen-bond donors (Lipinski definition) is 0. The Bertz CT molecular complexity index is 262. The molecule has 1 aliphatic carbocycles. The van der Waals surface area contributed by atoms with E-state index < -0.39 is 0 Å². The molecule has 1 saturated heterocycles. The van der Waals surface area contributed by atoms with Gasteiger partial charge in [-0.1, -0.05) is 19.8 Å². The summed E-state index contributed by atoms with van der Waals surface area (Å²) in [5, 5.41) is 0. The Morgan fingerprint density at radius 1 is 1.43 bits per heavy atom. The zero-order chi connectivity index (χ0) is 10.1. The number of nitrogens with zero attached hydrogens (tertiary/aromatic N) is 1. The maximum Gasteiger partial charge on any atom is 0.229 e. The third kappa shape index (κ3) is 1.45. The largest absolute Gasteiger partial charge is 0.279 e. The molecule has 0 aromatic carbocycles. The summed E-state index contributed by atoms with van der Waals surface area (Å²) < 4.78 is 0. The normalized spacial score (nSPS) is 31.8. The minimum Gasteiger partial charge on any atom is -0.279 e. The van der Waals surface area contributed by atoms with E-state index >= 15 is 0 Å². The average molecular weight is 195 g/mol. The lowest BCUT2D eigenvalue weighted by atomic mass is 9.85.